The number of nitrogens with zero attached hydrogens (tertiary/aromatic N) is 4. The molecule has 0 saturated heterocycles. The van der Waals surface area contributed by atoms with E-state index in [9.17, 15) is 19.7 Å². The lowest BCUT2D eigenvalue weighted by Gasteiger charge is -2.30. The molecule has 30 heavy (non-hydrogen) atoms. The van der Waals surface area contributed by atoms with E-state index in [1.807, 2.05) is 12.1 Å². The summed E-state index contributed by atoms with van der Waals surface area (Å²) < 4.78 is 0. The highest BCUT2D eigenvalue weighted by molar-refractivity contribution is 6.29. The molecule has 2 aromatic carbocycles. The number of hydrogen-bond donors (Lipinski definition) is 0. The predicted molar refractivity (Wildman–Crippen MR) is 111 cm³/mol. The molecule has 148 valence electrons. The number of fused-ring (bicyclic) bond motifs is 1. The summed E-state index contributed by atoms with van der Waals surface area (Å²) in [6.45, 7) is 0.270. The van der Waals surface area contributed by atoms with Crippen LogP contribution in [0.4, 0.5) is 11.4 Å². The Bertz CT molecular complexity index is 1160. The van der Waals surface area contributed by atoms with Crippen LogP contribution in [0.2, 0.25) is 0 Å². The molecule has 1 aliphatic heterocycles. The van der Waals surface area contributed by atoms with Crippen molar-refractivity contribution in [2.24, 2.45) is 4.99 Å². The van der Waals surface area contributed by atoms with E-state index >= 15 is 0 Å². The largest absolute Gasteiger partial charge is 0.293 e. The quantitative estimate of drug-likeness (QED) is 0.282. The Morgan fingerprint density at radius 2 is 1.77 bits per heavy atom. The average Bonchev–Trinajstić information content (AvgIpc) is 2.77. The van der Waals surface area contributed by atoms with Crippen LogP contribution in [-0.2, 0) is 11.3 Å². The average molecular weight is 400 g/mol. The Hall–Kier alpha value is -4.20. The maximum Gasteiger partial charge on any atom is 0.293 e. The number of pyridine rings is 1. The molecule has 0 bridgehead atoms. The van der Waals surface area contributed by atoms with Gasteiger partial charge in [0.2, 0.25) is 5.91 Å². The Kier molecular flexibility index (Phi) is 5.13. The number of hydrogen-bond acceptors (Lipinski definition) is 6. The lowest BCUT2D eigenvalue weighted by molar-refractivity contribution is -0.384. The molecule has 0 N–H and O–H groups in total. The van der Waals surface area contributed by atoms with Gasteiger partial charge in [-0.25, -0.2) is 4.90 Å². The van der Waals surface area contributed by atoms with Crippen molar-refractivity contribution >= 4 is 29.4 Å². The molecule has 0 aliphatic carbocycles. The second kappa shape index (κ2) is 8.04. The maximum atomic E-state index is 13.3. The number of carbonyl (C=O) groups is 2. The summed E-state index contributed by atoms with van der Waals surface area (Å²) in [6.07, 6.45) is 3.13. The molecule has 0 spiro atoms. The van der Waals surface area contributed by atoms with E-state index < -0.39 is 22.7 Å². The van der Waals surface area contributed by atoms with Crippen LogP contribution in [0.3, 0.4) is 0 Å². The van der Waals surface area contributed by atoms with Gasteiger partial charge in [-0.05, 0) is 29.8 Å². The van der Waals surface area contributed by atoms with E-state index in [0.717, 1.165) is 10.6 Å². The van der Waals surface area contributed by atoms with Crippen LogP contribution < -0.4 is 4.90 Å². The molecule has 8 nitrogen and oxygen atoms in total. The Labute approximate surface area is 171 Å². The Morgan fingerprint density at radius 1 is 1.03 bits per heavy atom. The van der Waals surface area contributed by atoms with Crippen LogP contribution in [-0.4, -0.2) is 27.9 Å². The van der Waals surface area contributed by atoms with Gasteiger partial charge >= 0.3 is 0 Å². The molecule has 0 fully saturated rings. The first-order chi connectivity index (χ1) is 14.6. The van der Waals surface area contributed by atoms with Gasteiger partial charge in [-0.1, -0.05) is 36.4 Å². The number of imide groups is 1. The SMILES string of the molecule is O=C1c2ccccc2[C@@H](C=NCc2ccccn2)C(=O)N1c1ccccc1[N+](=O)[O-]. The first kappa shape index (κ1) is 19.1. The van der Waals surface area contributed by atoms with E-state index in [1.165, 1.54) is 24.4 Å². The predicted octanol–water partition coefficient (Wildman–Crippen LogP) is 3.53. The number of nitro benzene ring substituents is 1. The van der Waals surface area contributed by atoms with Crippen molar-refractivity contribution in [1.29, 1.82) is 0 Å². The van der Waals surface area contributed by atoms with E-state index in [1.54, 1.807) is 42.6 Å². The minimum Gasteiger partial charge on any atom is -0.290 e. The Balaban J connectivity index is 1.75. The van der Waals surface area contributed by atoms with E-state index in [0.29, 0.717) is 11.1 Å². The summed E-state index contributed by atoms with van der Waals surface area (Å²) in [4.78, 5) is 46.6. The molecular weight excluding hydrogens is 384 g/mol. The van der Waals surface area contributed by atoms with Crippen molar-refractivity contribution in [2.45, 2.75) is 12.5 Å². The minimum atomic E-state index is -0.845. The molecule has 0 unspecified atom stereocenters. The molecule has 2 amide bonds. The van der Waals surface area contributed by atoms with Crippen molar-refractivity contribution in [2.75, 3.05) is 4.90 Å². The highest BCUT2D eigenvalue weighted by Crippen LogP contribution is 2.36. The molecule has 0 saturated carbocycles. The minimum absolute atomic E-state index is 0.0601. The lowest BCUT2D eigenvalue weighted by atomic mass is 9.88. The van der Waals surface area contributed by atoms with Crippen molar-refractivity contribution in [3.63, 3.8) is 0 Å². The summed E-state index contributed by atoms with van der Waals surface area (Å²) in [6, 6.07) is 17.9. The van der Waals surface area contributed by atoms with Crippen molar-refractivity contribution in [3.05, 3.63) is 99.9 Å². The maximum absolute atomic E-state index is 13.3. The van der Waals surface area contributed by atoms with Gasteiger partial charge in [0.05, 0.1) is 23.1 Å². The van der Waals surface area contributed by atoms with Gasteiger partial charge in [-0.15, -0.1) is 0 Å². The number of benzene rings is 2. The van der Waals surface area contributed by atoms with Crippen molar-refractivity contribution < 1.29 is 14.5 Å². The third kappa shape index (κ3) is 3.46. The number of para-hydroxylation sites is 2. The zero-order chi connectivity index (χ0) is 21.1. The van der Waals surface area contributed by atoms with Gasteiger partial charge in [-0.2, -0.15) is 0 Å². The summed E-state index contributed by atoms with van der Waals surface area (Å²) in [5.41, 5.74) is 1.19. The van der Waals surface area contributed by atoms with Crippen LogP contribution >= 0.6 is 0 Å². The van der Waals surface area contributed by atoms with Crippen LogP contribution in [0.15, 0.2) is 77.9 Å². The number of aromatic nitrogens is 1. The third-order valence-corrected chi connectivity index (χ3v) is 4.77. The number of amides is 2. The second-order valence-electron chi connectivity index (χ2n) is 6.60. The number of aliphatic imine (C=N–C) groups is 1. The van der Waals surface area contributed by atoms with E-state index in [-0.39, 0.29) is 17.9 Å². The zero-order valence-corrected chi connectivity index (χ0v) is 15.7. The second-order valence-corrected chi connectivity index (χ2v) is 6.60. The van der Waals surface area contributed by atoms with Crippen LogP contribution in [0, 0.1) is 10.1 Å². The topological polar surface area (TPSA) is 106 Å². The number of carbonyl (C=O) groups excluding carboxylic acids is 2. The van der Waals surface area contributed by atoms with Gasteiger partial charge in [0.15, 0.2) is 0 Å². The number of anilines is 1. The first-order valence-electron chi connectivity index (χ1n) is 9.18. The van der Waals surface area contributed by atoms with Gasteiger partial charge < -0.3 is 0 Å². The molecule has 4 rings (SSSR count). The van der Waals surface area contributed by atoms with Gasteiger partial charge in [0.25, 0.3) is 11.6 Å². The van der Waals surface area contributed by atoms with Gasteiger partial charge in [-0.3, -0.25) is 29.7 Å². The number of nitro groups is 1. The van der Waals surface area contributed by atoms with Gasteiger partial charge in [0, 0.05) is 24.0 Å². The molecule has 1 atom stereocenters. The summed E-state index contributed by atoms with van der Waals surface area (Å²) in [5, 5.41) is 11.5. The highest BCUT2D eigenvalue weighted by atomic mass is 16.6. The molecule has 8 heteroatoms. The molecular formula is C22H16N4O4. The van der Waals surface area contributed by atoms with Crippen molar-refractivity contribution in [3.8, 4) is 0 Å². The fourth-order valence-electron chi connectivity index (χ4n) is 3.38. The van der Waals surface area contributed by atoms with Gasteiger partial charge in [0.1, 0.15) is 5.69 Å². The zero-order valence-electron chi connectivity index (χ0n) is 15.7. The van der Waals surface area contributed by atoms with Crippen molar-refractivity contribution in [1.82, 2.24) is 4.98 Å². The van der Waals surface area contributed by atoms with Crippen LogP contribution in [0.25, 0.3) is 0 Å². The highest BCUT2D eigenvalue weighted by Gasteiger charge is 2.41. The normalized spacial score (nSPS) is 16.0. The van der Waals surface area contributed by atoms with E-state index in [4.69, 9.17) is 0 Å². The van der Waals surface area contributed by atoms with Crippen LogP contribution in [0.1, 0.15) is 27.5 Å². The monoisotopic (exact) mass is 400 g/mol. The van der Waals surface area contributed by atoms with E-state index in [2.05, 4.69) is 9.98 Å². The lowest BCUT2D eigenvalue weighted by Crippen LogP contribution is -2.45. The number of rotatable bonds is 5. The fourth-order valence-corrected chi connectivity index (χ4v) is 3.38. The molecule has 3 aromatic rings. The molecule has 1 aliphatic rings. The summed E-state index contributed by atoms with van der Waals surface area (Å²) in [5.74, 6) is -2.03. The molecule has 1 aromatic heterocycles. The third-order valence-electron chi connectivity index (χ3n) is 4.77. The smallest absolute Gasteiger partial charge is 0.290 e. The summed E-state index contributed by atoms with van der Waals surface area (Å²) >= 11 is 0. The summed E-state index contributed by atoms with van der Waals surface area (Å²) in [7, 11) is 0. The molecule has 0 radical (unpaired) electrons. The fraction of sp³-hybridized carbons (Fsp3) is 0.0909. The molecule has 2 heterocycles. The standard InChI is InChI=1S/C22H16N4O4/c27-21-17-9-2-1-8-16(17)18(14-23-13-15-7-5-6-12-24-15)22(28)25(21)19-10-3-4-11-20(19)26(29)30/h1-12,14,18H,13H2/t18-/m1/s1. The first-order valence-corrected chi connectivity index (χ1v) is 9.18. The Morgan fingerprint density at radius 3 is 2.53 bits per heavy atom. The van der Waals surface area contributed by atoms with Crippen LogP contribution in [0.5, 0.6) is 0 Å².